The SMILES string of the molecule is CC(C)(C)C1CCC(N)C(C2CCOC3(CCC3)C2)C1. The smallest absolute Gasteiger partial charge is 0.0685 e. The Morgan fingerprint density at radius 3 is 2.45 bits per heavy atom. The molecule has 0 bridgehead atoms. The molecule has 2 saturated carbocycles. The van der Waals surface area contributed by atoms with Crippen molar-refractivity contribution >= 4 is 0 Å². The van der Waals surface area contributed by atoms with E-state index in [1.807, 2.05) is 0 Å². The van der Waals surface area contributed by atoms with E-state index in [9.17, 15) is 0 Å². The van der Waals surface area contributed by atoms with Crippen molar-refractivity contribution in [1.82, 2.24) is 0 Å². The minimum absolute atomic E-state index is 0.275. The van der Waals surface area contributed by atoms with Crippen LogP contribution in [0.1, 0.15) is 72.1 Å². The van der Waals surface area contributed by atoms with E-state index in [0.29, 0.717) is 11.5 Å². The van der Waals surface area contributed by atoms with E-state index in [1.165, 1.54) is 51.4 Å². The zero-order chi connectivity index (χ0) is 14.4. The van der Waals surface area contributed by atoms with Gasteiger partial charge in [-0.2, -0.15) is 0 Å². The summed E-state index contributed by atoms with van der Waals surface area (Å²) in [4.78, 5) is 0. The fourth-order valence-corrected chi connectivity index (χ4v) is 4.91. The molecular formula is C18H33NO. The Kier molecular flexibility index (Phi) is 3.92. The average molecular weight is 279 g/mol. The summed E-state index contributed by atoms with van der Waals surface area (Å²) in [6.07, 6.45) is 10.4. The molecule has 2 aliphatic carbocycles. The van der Waals surface area contributed by atoms with Crippen LogP contribution in [0.5, 0.6) is 0 Å². The Bertz CT molecular complexity index is 342. The van der Waals surface area contributed by atoms with Crippen LogP contribution < -0.4 is 5.73 Å². The maximum absolute atomic E-state index is 6.52. The maximum atomic E-state index is 6.52. The first-order valence-corrected chi connectivity index (χ1v) is 8.79. The molecule has 4 atom stereocenters. The molecule has 116 valence electrons. The lowest BCUT2D eigenvalue weighted by atomic mass is 9.61. The van der Waals surface area contributed by atoms with Gasteiger partial charge in [-0.15, -0.1) is 0 Å². The average Bonchev–Trinajstić information content (AvgIpc) is 2.36. The zero-order valence-electron chi connectivity index (χ0n) is 13.7. The quantitative estimate of drug-likeness (QED) is 0.783. The van der Waals surface area contributed by atoms with Crippen molar-refractivity contribution < 1.29 is 4.74 Å². The number of ether oxygens (including phenoxy) is 1. The van der Waals surface area contributed by atoms with Gasteiger partial charge in [0.05, 0.1) is 5.60 Å². The first kappa shape index (κ1) is 14.8. The number of rotatable bonds is 1. The molecule has 2 heteroatoms. The molecular weight excluding hydrogens is 246 g/mol. The molecule has 0 aromatic heterocycles. The minimum atomic E-state index is 0.275. The van der Waals surface area contributed by atoms with Crippen LogP contribution in [-0.4, -0.2) is 18.2 Å². The molecule has 2 N–H and O–H groups in total. The largest absolute Gasteiger partial charge is 0.375 e. The summed E-state index contributed by atoms with van der Waals surface area (Å²) < 4.78 is 6.11. The highest BCUT2D eigenvalue weighted by molar-refractivity contribution is 4.98. The van der Waals surface area contributed by atoms with E-state index in [0.717, 1.165) is 24.4 Å². The highest BCUT2D eigenvalue weighted by Crippen LogP contribution is 2.50. The van der Waals surface area contributed by atoms with Gasteiger partial charge in [0.2, 0.25) is 0 Å². The molecule has 20 heavy (non-hydrogen) atoms. The van der Waals surface area contributed by atoms with Crippen LogP contribution in [0.25, 0.3) is 0 Å². The van der Waals surface area contributed by atoms with Crippen molar-refractivity contribution in [2.75, 3.05) is 6.61 Å². The van der Waals surface area contributed by atoms with Gasteiger partial charge in [0.15, 0.2) is 0 Å². The van der Waals surface area contributed by atoms with Gasteiger partial charge in [-0.05, 0) is 74.5 Å². The van der Waals surface area contributed by atoms with E-state index in [2.05, 4.69) is 20.8 Å². The maximum Gasteiger partial charge on any atom is 0.0685 e. The van der Waals surface area contributed by atoms with E-state index >= 15 is 0 Å². The number of hydrogen-bond donors (Lipinski definition) is 1. The predicted octanol–water partition coefficient (Wildman–Crippen LogP) is 4.13. The molecule has 3 fully saturated rings. The van der Waals surface area contributed by atoms with Crippen molar-refractivity contribution in [1.29, 1.82) is 0 Å². The van der Waals surface area contributed by atoms with Crippen molar-refractivity contribution in [2.24, 2.45) is 28.9 Å². The molecule has 0 aromatic rings. The van der Waals surface area contributed by atoms with Crippen LogP contribution in [0.2, 0.25) is 0 Å². The van der Waals surface area contributed by atoms with Crippen LogP contribution >= 0.6 is 0 Å². The van der Waals surface area contributed by atoms with Gasteiger partial charge in [-0.1, -0.05) is 20.8 Å². The molecule has 0 amide bonds. The zero-order valence-corrected chi connectivity index (χ0v) is 13.7. The lowest BCUT2D eigenvalue weighted by Crippen LogP contribution is -2.50. The first-order valence-electron chi connectivity index (χ1n) is 8.79. The molecule has 0 radical (unpaired) electrons. The molecule has 1 spiro atoms. The third-order valence-electron chi connectivity index (χ3n) is 6.58. The number of nitrogens with two attached hydrogens (primary N) is 1. The molecule has 4 unspecified atom stereocenters. The molecule has 1 aliphatic heterocycles. The van der Waals surface area contributed by atoms with Crippen LogP contribution in [0.15, 0.2) is 0 Å². The highest BCUT2D eigenvalue weighted by Gasteiger charge is 2.46. The van der Waals surface area contributed by atoms with E-state index in [1.54, 1.807) is 0 Å². The standard InChI is InChI=1S/C18H33NO/c1-17(2,3)14-5-6-16(19)15(11-14)13-7-10-20-18(12-13)8-4-9-18/h13-16H,4-12,19H2,1-3H3. The topological polar surface area (TPSA) is 35.2 Å². The van der Waals surface area contributed by atoms with E-state index in [4.69, 9.17) is 10.5 Å². The summed E-state index contributed by atoms with van der Waals surface area (Å²) in [5, 5.41) is 0. The van der Waals surface area contributed by atoms with Crippen molar-refractivity contribution in [3.63, 3.8) is 0 Å². The van der Waals surface area contributed by atoms with Crippen LogP contribution in [0, 0.1) is 23.2 Å². The second-order valence-corrected chi connectivity index (χ2v) is 8.84. The number of hydrogen-bond acceptors (Lipinski definition) is 2. The highest BCUT2D eigenvalue weighted by atomic mass is 16.5. The van der Waals surface area contributed by atoms with Crippen molar-refractivity contribution in [3.05, 3.63) is 0 Å². The Labute approximate surface area is 124 Å². The van der Waals surface area contributed by atoms with Gasteiger partial charge in [0.25, 0.3) is 0 Å². The lowest BCUT2D eigenvalue weighted by molar-refractivity contribution is -0.154. The van der Waals surface area contributed by atoms with Gasteiger partial charge >= 0.3 is 0 Å². The Morgan fingerprint density at radius 2 is 1.85 bits per heavy atom. The first-order chi connectivity index (χ1) is 9.40. The van der Waals surface area contributed by atoms with E-state index < -0.39 is 0 Å². The van der Waals surface area contributed by atoms with Crippen LogP contribution in [-0.2, 0) is 4.74 Å². The summed E-state index contributed by atoms with van der Waals surface area (Å²) in [5.41, 5.74) is 7.24. The molecule has 1 saturated heterocycles. The van der Waals surface area contributed by atoms with Crippen molar-refractivity contribution in [2.45, 2.75) is 83.8 Å². The summed E-state index contributed by atoms with van der Waals surface area (Å²) in [7, 11) is 0. The fourth-order valence-electron chi connectivity index (χ4n) is 4.91. The fraction of sp³-hybridized carbons (Fsp3) is 1.00. The van der Waals surface area contributed by atoms with Gasteiger partial charge < -0.3 is 10.5 Å². The normalized spacial score (nSPS) is 41.4. The molecule has 2 nitrogen and oxygen atoms in total. The summed E-state index contributed by atoms with van der Waals surface area (Å²) >= 11 is 0. The van der Waals surface area contributed by atoms with Gasteiger partial charge in [0.1, 0.15) is 0 Å². The second kappa shape index (κ2) is 5.28. The predicted molar refractivity (Wildman–Crippen MR) is 83.5 cm³/mol. The molecule has 3 rings (SSSR count). The summed E-state index contributed by atoms with van der Waals surface area (Å²) in [5.74, 6) is 2.42. The monoisotopic (exact) mass is 279 g/mol. The Balaban J connectivity index is 1.67. The molecule has 1 heterocycles. The molecule has 3 aliphatic rings. The Morgan fingerprint density at radius 1 is 1.10 bits per heavy atom. The second-order valence-electron chi connectivity index (χ2n) is 8.84. The van der Waals surface area contributed by atoms with Gasteiger partial charge in [-0.3, -0.25) is 0 Å². The summed E-state index contributed by atoms with van der Waals surface area (Å²) in [6, 6.07) is 0.439. The van der Waals surface area contributed by atoms with E-state index in [-0.39, 0.29) is 5.60 Å². The summed E-state index contributed by atoms with van der Waals surface area (Å²) in [6.45, 7) is 8.20. The van der Waals surface area contributed by atoms with Gasteiger partial charge in [-0.25, -0.2) is 0 Å². The molecule has 0 aromatic carbocycles. The van der Waals surface area contributed by atoms with Crippen LogP contribution in [0.4, 0.5) is 0 Å². The minimum Gasteiger partial charge on any atom is -0.375 e. The van der Waals surface area contributed by atoms with Crippen LogP contribution in [0.3, 0.4) is 0 Å². The Hall–Kier alpha value is -0.0800. The van der Waals surface area contributed by atoms with Crippen molar-refractivity contribution in [3.8, 4) is 0 Å². The lowest BCUT2D eigenvalue weighted by Gasteiger charge is -2.51. The third-order valence-corrected chi connectivity index (χ3v) is 6.58. The third kappa shape index (κ3) is 2.78. The van der Waals surface area contributed by atoms with Gasteiger partial charge in [0, 0.05) is 12.6 Å².